The minimum atomic E-state index is -3.95. The van der Waals surface area contributed by atoms with Gasteiger partial charge in [-0.25, -0.2) is 14.7 Å². The number of rotatable bonds is 7. The fourth-order valence-electron chi connectivity index (χ4n) is 3.33. The molecular formula is C18H23ClN5O3S2+. The lowest BCUT2D eigenvalue weighted by Gasteiger charge is -2.32. The number of halogens is 1. The summed E-state index contributed by atoms with van der Waals surface area (Å²) < 4.78 is 28.3. The molecule has 2 atom stereocenters. The van der Waals surface area contributed by atoms with E-state index < -0.39 is 20.1 Å². The predicted octanol–water partition coefficient (Wildman–Crippen LogP) is 2.43. The van der Waals surface area contributed by atoms with Crippen LogP contribution in [0, 0.1) is 0 Å². The molecule has 29 heavy (non-hydrogen) atoms. The molecule has 1 aliphatic heterocycles. The van der Waals surface area contributed by atoms with E-state index >= 15 is 0 Å². The number of aromatic nitrogens is 2. The largest absolute Gasteiger partial charge is 0.395 e. The van der Waals surface area contributed by atoms with Crippen molar-refractivity contribution in [2.24, 2.45) is 0 Å². The van der Waals surface area contributed by atoms with E-state index in [4.69, 9.17) is 11.6 Å². The maximum absolute atomic E-state index is 13.1. The number of benzene rings is 1. The Morgan fingerprint density at radius 3 is 2.72 bits per heavy atom. The molecule has 1 saturated heterocycles. The Hall–Kier alpha value is -1.88. The number of carbonyl (C=O) groups excluding carboxylic acids is 1. The molecule has 3 rings (SSSR count). The summed E-state index contributed by atoms with van der Waals surface area (Å²) in [7, 11) is -0.899. The Labute approximate surface area is 179 Å². The first-order valence-corrected chi connectivity index (χ1v) is 11.9. The van der Waals surface area contributed by atoms with Gasteiger partial charge in [0.05, 0.1) is 13.6 Å². The van der Waals surface area contributed by atoms with Crippen molar-refractivity contribution in [3.05, 3.63) is 47.1 Å². The summed E-state index contributed by atoms with van der Waals surface area (Å²) in [6.07, 6.45) is 1.14. The normalized spacial score (nSPS) is 21.7. The van der Waals surface area contributed by atoms with E-state index in [0.29, 0.717) is 30.3 Å². The van der Waals surface area contributed by atoms with E-state index in [1.54, 1.807) is 7.05 Å². The van der Waals surface area contributed by atoms with Crippen molar-refractivity contribution < 1.29 is 17.1 Å². The molecule has 0 radical (unpaired) electrons. The van der Waals surface area contributed by atoms with Crippen LogP contribution in [0.15, 0.2) is 41.6 Å². The van der Waals surface area contributed by atoms with Crippen LogP contribution < -0.4 is 10.0 Å². The van der Waals surface area contributed by atoms with Crippen LogP contribution in [-0.2, 0) is 20.8 Å². The number of anilines is 1. The van der Waals surface area contributed by atoms with Gasteiger partial charge in [-0.3, -0.25) is 4.79 Å². The number of nitrogens with one attached hydrogen (secondary N) is 2. The fourth-order valence-corrected chi connectivity index (χ4v) is 5.86. The van der Waals surface area contributed by atoms with Gasteiger partial charge in [0.15, 0.2) is 11.2 Å². The van der Waals surface area contributed by atoms with E-state index in [1.165, 1.54) is 24.9 Å². The molecule has 2 heterocycles. The molecule has 0 aliphatic carbocycles. The van der Waals surface area contributed by atoms with Crippen molar-refractivity contribution in [3.8, 4) is 0 Å². The summed E-state index contributed by atoms with van der Waals surface area (Å²) in [6, 6.07) is 10.5. The van der Waals surface area contributed by atoms with E-state index in [1.807, 2.05) is 30.3 Å². The lowest BCUT2D eigenvalue weighted by atomic mass is 10.2. The van der Waals surface area contributed by atoms with Gasteiger partial charge in [-0.2, -0.15) is 12.3 Å². The minimum Gasteiger partial charge on any atom is -0.354 e. The van der Waals surface area contributed by atoms with Gasteiger partial charge in [-0.15, -0.1) is 0 Å². The van der Waals surface area contributed by atoms with Gasteiger partial charge in [0.25, 0.3) is 5.91 Å². The SMILES string of the molecule is CNC(=O)[C@H]1CCC[N+]1(C)S(=O)(=O)Nc1cc(Cl)nc(SCc2ccccc2)n1. The number of thioether (sulfide) groups is 1. The van der Waals surface area contributed by atoms with E-state index in [0.717, 1.165) is 5.56 Å². The molecule has 1 amide bonds. The standard InChI is InChI=1S/C18H22ClN5O3S2/c1-20-17(25)14-9-6-10-24(14,2)29(26,27)23-16-11-15(19)21-18(22-16)28-12-13-7-4-3-5-8-13/h3-5,7-8,11,14H,6,9-10,12H2,1-2H3,(H-,20,21,22,23,25)/p+1/t14-,24?/m1/s1. The van der Waals surface area contributed by atoms with Gasteiger partial charge in [-0.1, -0.05) is 53.7 Å². The predicted molar refractivity (Wildman–Crippen MR) is 114 cm³/mol. The fraction of sp³-hybridized carbons (Fsp3) is 0.389. The molecule has 0 spiro atoms. The van der Waals surface area contributed by atoms with Crippen molar-refractivity contribution in [1.29, 1.82) is 0 Å². The summed E-state index contributed by atoms with van der Waals surface area (Å²) in [5, 5.41) is 3.06. The van der Waals surface area contributed by atoms with Crippen LogP contribution in [-0.4, -0.2) is 54.9 Å². The topological polar surface area (TPSA) is 101 Å². The number of nitrogens with zero attached hydrogens (tertiary/aromatic N) is 3. The highest BCUT2D eigenvalue weighted by atomic mass is 35.5. The Balaban J connectivity index is 1.80. The van der Waals surface area contributed by atoms with Crippen molar-refractivity contribution in [2.75, 3.05) is 25.4 Å². The Morgan fingerprint density at radius 1 is 1.31 bits per heavy atom. The monoisotopic (exact) mass is 456 g/mol. The first-order chi connectivity index (χ1) is 13.7. The second-order valence-corrected chi connectivity index (χ2v) is 10.2. The average Bonchev–Trinajstić information content (AvgIpc) is 3.09. The first-order valence-electron chi connectivity index (χ1n) is 9.06. The van der Waals surface area contributed by atoms with Gasteiger partial charge in [0, 0.05) is 31.7 Å². The van der Waals surface area contributed by atoms with Crippen LogP contribution in [0.2, 0.25) is 5.15 Å². The molecule has 1 aromatic carbocycles. The molecule has 2 aromatic rings. The van der Waals surface area contributed by atoms with E-state index in [9.17, 15) is 13.2 Å². The van der Waals surface area contributed by atoms with Gasteiger partial charge >= 0.3 is 10.2 Å². The molecule has 0 saturated carbocycles. The zero-order valence-electron chi connectivity index (χ0n) is 16.1. The minimum absolute atomic E-state index is 0.0856. The third kappa shape index (κ3) is 4.82. The number of amides is 1. The number of hydrogen-bond donors (Lipinski definition) is 2. The maximum Gasteiger partial charge on any atom is 0.395 e. The van der Waals surface area contributed by atoms with Crippen molar-refractivity contribution in [3.63, 3.8) is 0 Å². The maximum atomic E-state index is 13.1. The summed E-state index contributed by atoms with van der Waals surface area (Å²) >= 11 is 7.45. The molecule has 1 unspecified atom stereocenters. The average molecular weight is 457 g/mol. The molecule has 1 aromatic heterocycles. The third-order valence-corrected chi connectivity index (χ3v) is 8.07. The highest BCUT2D eigenvalue weighted by Crippen LogP contribution is 2.31. The summed E-state index contributed by atoms with van der Waals surface area (Å²) in [5.41, 5.74) is 1.09. The summed E-state index contributed by atoms with van der Waals surface area (Å²) in [4.78, 5) is 20.6. The van der Waals surface area contributed by atoms with Crippen LogP contribution >= 0.6 is 23.4 Å². The lowest BCUT2D eigenvalue weighted by molar-refractivity contribution is -0.787. The van der Waals surface area contributed by atoms with E-state index in [-0.39, 0.29) is 16.9 Å². The highest BCUT2D eigenvalue weighted by molar-refractivity contribution is 7.98. The molecule has 0 bridgehead atoms. The van der Waals surface area contributed by atoms with Crippen LogP contribution in [0.25, 0.3) is 0 Å². The molecule has 2 N–H and O–H groups in total. The number of quaternary nitrogens is 1. The Bertz CT molecular complexity index is 990. The zero-order chi connectivity index (χ0) is 21.1. The molecule has 8 nitrogen and oxygen atoms in total. The van der Waals surface area contributed by atoms with Crippen LogP contribution in [0.5, 0.6) is 0 Å². The van der Waals surface area contributed by atoms with Crippen LogP contribution in [0.4, 0.5) is 5.82 Å². The number of likely N-dealkylation sites (N-methyl/N-ethyl adjacent to an activating group) is 2. The molecule has 1 fully saturated rings. The first kappa shape index (κ1) is 21.8. The Morgan fingerprint density at radius 2 is 2.03 bits per heavy atom. The highest BCUT2D eigenvalue weighted by Gasteiger charge is 2.52. The lowest BCUT2D eigenvalue weighted by Crippen LogP contribution is -2.59. The molecule has 156 valence electrons. The van der Waals surface area contributed by atoms with Gasteiger partial charge < -0.3 is 5.32 Å². The van der Waals surface area contributed by atoms with Crippen molar-refractivity contribution in [1.82, 2.24) is 15.3 Å². The summed E-state index contributed by atoms with van der Waals surface area (Å²) in [5.74, 6) is 0.414. The second kappa shape index (κ2) is 8.86. The summed E-state index contributed by atoms with van der Waals surface area (Å²) in [6.45, 7) is 0.335. The number of hydrogen-bond acceptors (Lipinski definition) is 6. The molecule has 1 aliphatic rings. The number of likely N-dealkylation sites (tertiary alicyclic amines) is 1. The van der Waals surface area contributed by atoms with Gasteiger partial charge in [-0.05, 0) is 5.56 Å². The third-order valence-electron chi connectivity index (χ3n) is 4.96. The smallest absolute Gasteiger partial charge is 0.354 e. The second-order valence-electron chi connectivity index (χ2n) is 6.88. The van der Waals surface area contributed by atoms with Gasteiger partial charge in [0.1, 0.15) is 11.0 Å². The molecular weight excluding hydrogens is 434 g/mol. The van der Waals surface area contributed by atoms with Crippen molar-refractivity contribution >= 4 is 45.3 Å². The number of carbonyl (C=O) groups is 1. The quantitative estimate of drug-likeness (QED) is 0.287. The van der Waals surface area contributed by atoms with Crippen molar-refractivity contribution in [2.45, 2.75) is 29.8 Å². The zero-order valence-corrected chi connectivity index (χ0v) is 18.5. The van der Waals surface area contributed by atoms with Crippen LogP contribution in [0.3, 0.4) is 0 Å². The van der Waals surface area contributed by atoms with Crippen LogP contribution in [0.1, 0.15) is 18.4 Å². The van der Waals surface area contributed by atoms with Gasteiger partial charge in [0.2, 0.25) is 0 Å². The molecule has 11 heteroatoms. The van der Waals surface area contributed by atoms with E-state index in [2.05, 4.69) is 20.0 Å². The Kier molecular flexibility index (Phi) is 6.67.